The number of nitrogens with zero attached hydrogens (tertiary/aromatic N) is 1. The van der Waals surface area contributed by atoms with Gasteiger partial charge in [0.1, 0.15) is 12.3 Å². The maximum Gasteiger partial charge on any atom is 0.294 e. The first-order chi connectivity index (χ1) is 14.4. The summed E-state index contributed by atoms with van der Waals surface area (Å²) in [6.07, 6.45) is 2.45. The van der Waals surface area contributed by atoms with Gasteiger partial charge in [-0.25, -0.2) is 0 Å². The van der Waals surface area contributed by atoms with Crippen LogP contribution in [0.15, 0.2) is 51.8 Å². The van der Waals surface area contributed by atoms with Gasteiger partial charge in [-0.15, -0.1) is 0 Å². The summed E-state index contributed by atoms with van der Waals surface area (Å²) < 4.78 is 6.54. The number of carbonyl (C=O) groups excluding carboxylic acids is 3. The highest BCUT2D eigenvalue weighted by atomic mass is 79.9. The number of halogens is 2. The minimum absolute atomic E-state index is 0.235. The third-order valence-corrected chi connectivity index (χ3v) is 5.68. The second-order valence-electron chi connectivity index (χ2n) is 6.35. The predicted octanol–water partition coefficient (Wildman–Crippen LogP) is 5.57. The maximum atomic E-state index is 12.7. The normalized spacial score (nSPS) is 15.0. The number of carbonyl (C=O) groups is 3. The Balaban J connectivity index is 1.73. The first kappa shape index (κ1) is 22.4. The lowest BCUT2D eigenvalue weighted by molar-refractivity contribution is -0.127. The molecule has 0 atom stereocenters. The van der Waals surface area contributed by atoms with Crippen LogP contribution in [0.3, 0.4) is 0 Å². The smallest absolute Gasteiger partial charge is 0.294 e. The van der Waals surface area contributed by atoms with Crippen molar-refractivity contribution in [1.82, 2.24) is 4.90 Å². The van der Waals surface area contributed by atoms with Crippen molar-refractivity contribution < 1.29 is 19.1 Å². The van der Waals surface area contributed by atoms with Crippen molar-refractivity contribution in [2.45, 2.75) is 13.3 Å². The molecule has 0 bridgehead atoms. The Labute approximate surface area is 191 Å². The van der Waals surface area contributed by atoms with Crippen LogP contribution in [0.25, 0.3) is 6.08 Å². The second-order valence-corrected chi connectivity index (χ2v) is 8.70. The van der Waals surface area contributed by atoms with Crippen molar-refractivity contribution in [1.29, 1.82) is 0 Å². The van der Waals surface area contributed by atoms with E-state index < -0.39 is 17.1 Å². The zero-order valence-electron chi connectivity index (χ0n) is 16.0. The highest BCUT2D eigenvalue weighted by molar-refractivity contribution is 9.10. The van der Waals surface area contributed by atoms with Gasteiger partial charge < -0.3 is 10.1 Å². The number of ether oxygens (including phenoxy) is 1. The summed E-state index contributed by atoms with van der Waals surface area (Å²) in [6, 6.07) is 12.0. The molecule has 1 aliphatic heterocycles. The van der Waals surface area contributed by atoms with E-state index in [-0.39, 0.29) is 11.4 Å². The van der Waals surface area contributed by atoms with Gasteiger partial charge in [-0.05, 0) is 66.7 Å². The summed E-state index contributed by atoms with van der Waals surface area (Å²) in [7, 11) is 0. The number of anilines is 1. The molecule has 0 saturated carbocycles. The molecule has 1 N–H and O–H groups in total. The highest BCUT2D eigenvalue weighted by Crippen LogP contribution is 2.35. The number of thioether (sulfide) groups is 1. The van der Waals surface area contributed by atoms with Crippen LogP contribution in [-0.2, 0) is 9.59 Å². The van der Waals surface area contributed by atoms with Gasteiger partial charge >= 0.3 is 0 Å². The van der Waals surface area contributed by atoms with Crippen molar-refractivity contribution in [2.75, 3.05) is 18.5 Å². The van der Waals surface area contributed by atoms with Gasteiger partial charge in [-0.1, -0.05) is 34.5 Å². The fraction of sp³-hybridized carbons (Fsp3) is 0.190. The van der Waals surface area contributed by atoms with Crippen molar-refractivity contribution in [3.63, 3.8) is 0 Å². The van der Waals surface area contributed by atoms with Crippen molar-refractivity contribution in [3.05, 3.63) is 62.4 Å². The summed E-state index contributed by atoms with van der Waals surface area (Å²) >= 11 is 10.0. The SMILES string of the molecule is CCCOc1ccc(Br)cc1/C=C1/SC(=O)N(CC(=O)Nc2ccc(Cl)cc2)C1=O. The molecule has 1 saturated heterocycles. The van der Waals surface area contributed by atoms with Crippen molar-refractivity contribution >= 4 is 68.1 Å². The first-order valence-corrected chi connectivity index (χ1v) is 11.1. The average molecular weight is 510 g/mol. The number of rotatable bonds is 7. The van der Waals surface area contributed by atoms with Crippen LogP contribution >= 0.6 is 39.3 Å². The van der Waals surface area contributed by atoms with E-state index in [1.807, 2.05) is 19.1 Å². The molecule has 2 aromatic carbocycles. The molecule has 0 aliphatic carbocycles. The van der Waals surface area contributed by atoms with Crippen LogP contribution in [-0.4, -0.2) is 35.1 Å². The topological polar surface area (TPSA) is 75.7 Å². The number of nitrogens with one attached hydrogen (secondary N) is 1. The Bertz CT molecular complexity index is 1010. The van der Waals surface area contributed by atoms with Crippen LogP contribution in [0.2, 0.25) is 5.02 Å². The van der Waals surface area contributed by atoms with Gasteiger partial charge in [-0.2, -0.15) is 0 Å². The van der Waals surface area contributed by atoms with Gasteiger partial charge in [0, 0.05) is 20.7 Å². The first-order valence-electron chi connectivity index (χ1n) is 9.10. The summed E-state index contributed by atoms with van der Waals surface area (Å²) in [5.41, 5.74) is 1.20. The third-order valence-electron chi connectivity index (χ3n) is 4.02. The van der Waals surface area contributed by atoms with Gasteiger partial charge in [0.2, 0.25) is 5.91 Å². The Kier molecular flexibility index (Phi) is 7.58. The monoisotopic (exact) mass is 508 g/mol. The molecule has 1 aliphatic rings. The van der Waals surface area contributed by atoms with E-state index in [9.17, 15) is 14.4 Å². The zero-order valence-corrected chi connectivity index (χ0v) is 19.1. The minimum Gasteiger partial charge on any atom is -0.493 e. The van der Waals surface area contributed by atoms with E-state index in [4.69, 9.17) is 16.3 Å². The molecular weight excluding hydrogens is 492 g/mol. The number of hydrogen-bond acceptors (Lipinski definition) is 5. The van der Waals surface area contributed by atoms with E-state index in [1.165, 1.54) is 0 Å². The average Bonchev–Trinajstić information content (AvgIpc) is 2.96. The number of amides is 3. The lowest BCUT2D eigenvalue weighted by Crippen LogP contribution is -2.36. The zero-order chi connectivity index (χ0) is 21.7. The largest absolute Gasteiger partial charge is 0.493 e. The molecule has 6 nitrogen and oxygen atoms in total. The second kappa shape index (κ2) is 10.1. The summed E-state index contributed by atoms with van der Waals surface area (Å²) in [4.78, 5) is 38.5. The Morgan fingerprint density at radius 1 is 1.23 bits per heavy atom. The fourth-order valence-corrected chi connectivity index (χ4v) is 3.96. The molecule has 30 heavy (non-hydrogen) atoms. The third kappa shape index (κ3) is 5.65. The van der Waals surface area contributed by atoms with Crippen LogP contribution in [0.1, 0.15) is 18.9 Å². The summed E-state index contributed by atoms with van der Waals surface area (Å²) in [6.45, 7) is 2.16. The van der Waals surface area contributed by atoms with Gasteiger partial charge in [0.15, 0.2) is 0 Å². The van der Waals surface area contributed by atoms with Gasteiger partial charge in [0.25, 0.3) is 11.1 Å². The van der Waals surface area contributed by atoms with E-state index in [2.05, 4.69) is 21.2 Å². The number of benzene rings is 2. The minimum atomic E-state index is -0.516. The van der Waals surface area contributed by atoms with Crippen LogP contribution in [0.5, 0.6) is 5.75 Å². The Hall–Kier alpha value is -2.29. The molecule has 0 unspecified atom stereocenters. The molecule has 9 heteroatoms. The molecule has 0 radical (unpaired) electrons. The number of imide groups is 1. The Morgan fingerprint density at radius 2 is 1.97 bits per heavy atom. The molecule has 1 fully saturated rings. The molecule has 1 heterocycles. The molecule has 0 spiro atoms. The fourth-order valence-electron chi connectivity index (χ4n) is 2.63. The quantitative estimate of drug-likeness (QED) is 0.494. The van der Waals surface area contributed by atoms with Crippen LogP contribution in [0.4, 0.5) is 10.5 Å². The summed E-state index contributed by atoms with van der Waals surface area (Å²) in [5.74, 6) is -0.375. The lowest BCUT2D eigenvalue weighted by Gasteiger charge is -2.12. The standard InChI is InChI=1S/C21H18BrClN2O4S/c1-2-9-29-17-8-3-14(22)10-13(17)11-18-20(27)25(21(28)30-18)12-19(26)24-16-6-4-15(23)5-7-16/h3-8,10-11H,2,9,12H2,1H3,(H,24,26)/b18-11+. The van der Waals surface area contributed by atoms with Crippen molar-refractivity contribution in [2.24, 2.45) is 0 Å². The van der Waals surface area contributed by atoms with Crippen LogP contribution < -0.4 is 10.1 Å². The summed E-state index contributed by atoms with van der Waals surface area (Å²) in [5, 5.41) is 2.69. The van der Waals surface area contributed by atoms with E-state index in [1.54, 1.807) is 36.4 Å². The van der Waals surface area contributed by atoms with Gasteiger partial charge in [-0.3, -0.25) is 19.3 Å². The van der Waals surface area contributed by atoms with E-state index in [0.29, 0.717) is 28.6 Å². The molecule has 0 aromatic heterocycles. The van der Waals surface area contributed by atoms with E-state index >= 15 is 0 Å². The van der Waals surface area contributed by atoms with Crippen molar-refractivity contribution in [3.8, 4) is 5.75 Å². The Morgan fingerprint density at radius 3 is 2.67 bits per heavy atom. The van der Waals surface area contributed by atoms with Gasteiger partial charge in [0.05, 0.1) is 11.5 Å². The maximum absolute atomic E-state index is 12.7. The lowest BCUT2D eigenvalue weighted by atomic mass is 10.2. The molecule has 156 valence electrons. The predicted molar refractivity (Wildman–Crippen MR) is 123 cm³/mol. The molecular formula is C21H18BrClN2O4S. The van der Waals surface area contributed by atoms with E-state index in [0.717, 1.165) is 27.6 Å². The molecule has 2 aromatic rings. The molecule has 3 rings (SSSR count). The molecule has 3 amide bonds. The number of hydrogen-bond donors (Lipinski definition) is 1. The van der Waals surface area contributed by atoms with Crippen LogP contribution in [0, 0.1) is 0 Å². The highest BCUT2D eigenvalue weighted by Gasteiger charge is 2.36.